The first-order valence-electron chi connectivity index (χ1n) is 6.77. The van der Waals surface area contributed by atoms with Crippen LogP contribution in [0, 0.1) is 0 Å². The summed E-state index contributed by atoms with van der Waals surface area (Å²) >= 11 is 0. The molecule has 132 valence electrons. The Labute approximate surface area is 134 Å². The van der Waals surface area contributed by atoms with E-state index in [1.54, 1.807) is 0 Å². The molecule has 0 aliphatic carbocycles. The van der Waals surface area contributed by atoms with E-state index in [0.29, 0.717) is 11.0 Å². The third-order valence-electron chi connectivity index (χ3n) is 3.63. The Kier molecular flexibility index (Phi) is 4.21. The number of imidazole rings is 1. The average Bonchev–Trinajstić information content (AvgIpc) is 3.00. The van der Waals surface area contributed by atoms with Crippen molar-refractivity contribution >= 4 is 30.5 Å². The molecular formula is C11H16N5O7P. The number of nitrogens with zero attached hydrogens (tertiary/aromatic N) is 3. The SMILES string of the molecule is Nc1cc2c(ncn2[C@@H]2O[C@H](COP(=O)(O)O)[C@@H](O)[C@@H]2O)c(N)n1. The van der Waals surface area contributed by atoms with Crippen LogP contribution in [0.3, 0.4) is 0 Å². The molecule has 0 aromatic carbocycles. The summed E-state index contributed by atoms with van der Waals surface area (Å²) in [4.78, 5) is 25.4. The van der Waals surface area contributed by atoms with Crippen LogP contribution in [-0.2, 0) is 13.8 Å². The summed E-state index contributed by atoms with van der Waals surface area (Å²) in [5.74, 6) is 0.231. The highest BCUT2D eigenvalue weighted by Crippen LogP contribution is 2.39. The van der Waals surface area contributed by atoms with Crippen LogP contribution in [0.25, 0.3) is 11.0 Å². The molecule has 1 aliphatic heterocycles. The molecule has 0 saturated carbocycles. The molecule has 1 aliphatic rings. The van der Waals surface area contributed by atoms with Crippen molar-refractivity contribution in [1.29, 1.82) is 0 Å². The summed E-state index contributed by atoms with van der Waals surface area (Å²) in [6.45, 7) is -0.600. The summed E-state index contributed by atoms with van der Waals surface area (Å²) in [6, 6.07) is 1.47. The van der Waals surface area contributed by atoms with Gasteiger partial charge in [0, 0.05) is 6.07 Å². The largest absolute Gasteiger partial charge is 0.469 e. The highest BCUT2D eigenvalue weighted by Gasteiger charge is 2.45. The van der Waals surface area contributed by atoms with Crippen LogP contribution in [-0.4, -0.2) is 59.5 Å². The zero-order valence-electron chi connectivity index (χ0n) is 12.1. The summed E-state index contributed by atoms with van der Waals surface area (Å²) in [7, 11) is -4.73. The van der Waals surface area contributed by atoms with Gasteiger partial charge in [-0.2, -0.15) is 0 Å². The summed E-state index contributed by atoms with van der Waals surface area (Å²) in [5, 5.41) is 20.2. The lowest BCUT2D eigenvalue weighted by Crippen LogP contribution is -2.33. The Hall–Kier alpha value is -1.79. The molecule has 3 heterocycles. The lowest BCUT2D eigenvalue weighted by atomic mass is 10.1. The second-order valence-electron chi connectivity index (χ2n) is 5.28. The van der Waals surface area contributed by atoms with E-state index in [1.807, 2.05) is 0 Å². The molecule has 13 heteroatoms. The number of aliphatic hydroxyl groups is 2. The zero-order chi connectivity index (χ0) is 17.6. The maximum absolute atomic E-state index is 10.8. The van der Waals surface area contributed by atoms with Gasteiger partial charge >= 0.3 is 7.82 Å². The number of nitrogens with two attached hydrogens (primary N) is 2. The Balaban J connectivity index is 1.89. The highest BCUT2D eigenvalue weighted by atomic mass is 31.2. The number of aliphatic hydroxyl groups excluding tert-OH is 2. The second-order valence-corrected chi connectivity index (χ2v) is 6.52. The Morgan fingerprint density at radius 3 is 2.71 bits per heavy atom. The number of nitrogen functional groups attached to an aromatic ring is 2. The summed E-state index contributed by atoms with van der Waals surface area (Å²) in [5.41, 5.74) is 12.1. The van der Waals surface area contributed by atoms with Crippen molar-refractivity contribution in [3.05, 3.63) is 12.4 Å². The smallest absolute Gasteiger partial charge is 0.387 e. The van der Waals surface area contributed by atoms with Crippen LogP contribution in [0.15, 0.2) is 12.4 Å². The minimum absolute atomic E-state index is 0.0955. The average molecular weight is 361 g/mol. The molecule has 2 aromatic rings. The molecule has 24 heavy (non-hydrogen) atoms. The highest BCUT2D eigenvalue weighted by molar-refractivity contribution is 7.46. The Bertz CT molecular complexity index is 807. The molecule has 0 amide bonds. The first kappa shape index (κ1) is 17.0. The number of hydrogen-bond donors (Lipinski definition) is 6. The van der Waals surface area contributed by atoms with Crippen molar-refractivity contribution in [2.24, 2.45) is 0 Å². The van der Waals surface area contributed by atoms with Gasteiger partial charge in [0.05, 0.1) is 18.5 Å². The molecule has 0 spiro atoms. The molecule has 0 unspecified atom stereocenters. The summed E-state index contributed by atoms with van der Waals surface area (Å²) < 4.78 is 21.9. The fourth-order valence-electron chi connectivity index (χ4n) is 2.55. The predicted octanol–water partition coefficient (Wildman–Crippen LogP) is -1.68. The number of fused-ring (bicyclic) bond motifs is 1. The number of anilines is 2. The topological polar surface area (TPSA) is 199 Å². The molecule has 12 nitrogen and oxygen atoms in total. The van der Waals surface area contributed by atoms with Crippen molar-refractivity contribution in [2.45, 2.75) is 24.5 Å². The predicted molar refractivity (Wildman–Crippen MR) is 80.3 cm³/mol. The van der Waals surface area contributed by atoms with Gasteiger partial charge in [0.2, 0.25) is 0 Å². The molecule has 0 radical (unpaired) electrons. The van der Waals surface area contributed by atoms with Gasteiger partial charge in [-0.15, -0.1) is 0 Å². The van der Waals surface area contributed by atoms with Gasteiger partial charge in [-0.3, -0.25) is 4.52 Å². The number of aromatic nitrogens is 3. The van der Waals surface area contributed by atoms with Gasteiger partial charge < -0.3 is 40.8 Å². The van der Waals surface area contributed by atoms with Gasteiger partial charge in [-0.25, -0.2) is 14.5 Å². The molecular weight excluding hydrogens is 345 g/mol. The van der Waals surface area contributed by atoms with E-state index in [1.165, 1.54) is 17.0 Å². The van der Waals surface area contributed by atoms with E-state index < -0.39 is 39.0 Å². The van der Waals surface area contributed by atoms with Gasteiger partial charge in [0.15, 0.2) is 12.0 Å². The van der Waals surface area contributed by atoms with Crippen molar-refractivity contribution < 1.29 is 33.8 Å². The number of phosphoric ester groups is 1. The molecule has 1 saturated heterocycles. The third kappa shape index (κ3) is 3.08. The molecule has 8 N–H and O–H groups in total. The fourth-order valence-corrected chi connectivity index (χ4v) is 2.89. The number of phosphoric acid groups is 1. The first-order valence-corrected chi connectivity index (χ1v) is 8.30. The van der Waals surface area contributed by atoms with Crippen LogP contribution in [0.4, 0.5) is 11.6 Å². The van der Waals surface area contributed by atoms with Crippen molar-refractivity contribution in [3.8, 4) is 0 Å². The number of ether oxygens (including phenoxy) is 1. The van der Waals surface area contributed by atoms with Crippen LogP contribution < -0.4 is 11.5 Å². The zero-order valence-corrected chi connectivity index (χ0v) is 13.0. The first-order chi connectivity index (χ1) is 11.2. The Morgan fingerprint density at radius 2 is 2.04 bits per heavy atom. The van der Waals surface area contributed by atoms with Gasteiger partial charge in [0.1, 0.15) is 29.6 Å². The molecule has 0 bridgehead atoms. The normalized spacial score (nSPS) is 27.8. The quantitative estimate of drug-likeness (QED) is 0.340. The third-order valence-corrected chi connectivity index (χ3v) is 4.11. The van der Waals surface area contributed by atoms with Gasteiger partial charge in [-0.05, 0) is 0 Å². The number of rotatable bonds is 4. The maximum atomic E-state index is 10.8. The van der Waals surface area contributed by atoms with Crippen LogP contribution >= 0.6 is 7.82 Å². The van der Waals surface area contributed by atoms with Crippen molar-refractivity contribution in [3.63, 3.8) is 0 Å². The van der Waals surface area contributed by atoms with Crippen molar-refractivity contribution in [2.75, 3.05) is 18.1 Å². The van der Waals surface area contributed by atoms with E-state index in [2.05, 4.69) is 14.5 Å². The Morgan fingerprint density at radius 1 is 1.33 bits per heavy atom. The molecule has 2 aromatic heterocycles. The molecule has 3 rings (SSSR count). The molecule has 1 fully saturated rings. The fraction of sp³-hybridized carbons (Fsp3) is 0.455. The summed E-state index contributed by atoms with van der Waals surface area (Å²) in [6.07, 6.45) is -3.70. The lowest BCUT2D eigenvalue weighted by molar-refractivity contribution is -0.0501. The standard InChI is InChI=1S/C11H16N5O7P/c12-6-1-4-7(10(13)15-6)14-3-16(4)11-9(18)8(17)5(23-11)2-22-24(19,20)21/h1,3,5,8-9,11,17-18H,2H2,(H4,12,13,15)(H2,19,20,21)/t5-,8-,9+,11-/m1/s1. The number of pyridine rings is 1. The van der Waals surface area contributed by atoms with Crippen molar-refractivity contribution in [1.82, 2.24) is 14.5 Å². The van der Waals surface area contributed by atoms with Gasteiger partial charge in [-0.1, -0.05) is 0 Å². The lowest BCUT2D eigenvalue weighted by Gasteiger charge is -2.17. The van der Waals surface area contributed by atoms with E-state index in [-0.39, 0.29) is 11.6 Å². The van der Waals surface area contributed by atoms with E-state index >= 15 is 0 Å². The van der Waals surface area contributed by atoms with E-state index in [9.17, 15) is 14.8 Å². The van der Waals surface area contributed by atoms with Crippen LogP contribution in [0.1, 0.15) is 6.23 Å². The second kappa shape index (κ2) is 5.93. The molecule has 4 atom stereocenters. The monoisotopic (exact) mass is 361 g/mol. The van der Waals surface area contributed by atoms with Gasteiger partial charge in [0.25, 0.3) is 0 Å². The van der Waals surface area contributed by atoms with E-state index in [0.717, 1.165) is 0 Å². The maximum Gasteiger partial charge on any atom is 0.469 e. The van der Waals surface area contributed by atoms with Crippen LogP contribution in [0.5, 0.6) is 0 Å². The van der Waals surface area contributed by atoms with E-state index in [4.69, 9.17) is 26.0 Å². The van der Waals surface area contributed by atoms with Crippen LogP contribution in [0.2, 0.25) is 0 Å². The minimum atomic E-state index is -4.73. The minimum Gasteiger partial charge on any atom is -0.387 e. The number of hydrogen-bond acceptors (Lipinski definition) is 9.